The summed E-state index contributed by atoms with van der Waals surface area (Å²) in [5.74, 6) is -1.21. The van der Waals surface area contributed by atoms with Crippen molar-refractivity contribution in [2.45, 2.75) is 12.8 Å². The number of hydrogen-bond donors (Lipinski definition) is 2. The van der Waals surface area contributed by atoms with Gasteiger partial charge in [-0.1, -0.05) is 0 Å². The van der Waals surface area contributed by atoms with Crippen LogP contribution in [-0.2, 0) is 4.79 Å². The highest BCUT2D eigenvalue weighted by molar-refractivity contribution is 5.92. The average molecular weight is 284 g/mol. The maximum absolute atomic E-state index is 13.4. The number of hydrogen-bond acceptors (Lipinski definition) is 3. The smallest absolute Gasteiger partial charge is 0.238 e. The van der Waals surface area contributed by atoms with Gasteiger partial charge in [0.1, 0.15) is 11.6 Å². The molecule has 1 atom stereocenters. The van der Waals surface area contributed by atoms with Crippen LogP contribution in [0.3, 0.4) is 0 Å². The Morgan fingerprint density at radius 2 is 2.25 bits per heavy atom. The number of carbonyl (C=O) groups is 1. The van der Waals surface area contributed by atoms with Crippen molar-refractivity contribution in [2.24, 2.45) is 5.92 Å². The van der Waals surface area contributed by atoms with Crippen LogP contribution >= 0.6 is 0 Å². The average Bonchev–Trinajstić information content (AvgIpc) is 2.81. The van der Waals surface area contributed by atoms with Gasteiger partial charge in [0, 0.05) is 19.2 Å². The minimum atomic E-state index is -0.653. The van der Waals surface area contributed by atoms with Crippen LogP contribution in [0.15, 0.2) is 18.2 Å². The van der Waals surface area contributed by atoms with E-state index in [0.717, 1.165) is 44.1 Å². The first-order valence-electron chi connectivity index (χ1n) is 6.66. The Hall–Kier alpha value is -1.53. The number of aliphatic hydroxyl groups excluding tert-OH is 1. The van der Waals surface area contributed by atoms with E-state index in [-0.39, 0.29) is 24.7 Å². The number of carbonyl (C=O) groups excluding carboxylic acids is 1. The zero-order valence-corrected chi connectivity index (χ0v) is 11.1. The first-order valence-corrected chi connectivity index (χ1v) is 6.66. The maximum atomic E-state index is 13.4. The standard InChI is InChI=1S/C14H18F2N2O2/c15-11-1-2-12(16)13(7-11)17-14(20)9-18-5-3-10(8-18)4-6-19/h1-2,7,10,19H,3-6,8-9H2,(H,17,20). The van der Waals surface area contributed by atoms with Crippen LogP contribution in [0.25, 0.3) is 0 Å². The predicted molar refractivity (Wildman–Crippen MR) is 71.2 cm³/mol. The Balaban J connectivity index is 1.85. The van der Waals surface area contributed by atoms with Crippen LogP contribution in [0.2, 0.25) is 0 Å². The molecule has 1 aromatic carbocycles. The van der Waals surface area contributed by atoms with Crippen LogP contribution in [0, 0.1) is 17.6 Å². The van der Waals surface area contributed by atoms with Gasteiger partial charge >= 0.3 is 0 Å². The van der Waals surface area contributed by atoms with Crippen LogP contribution < -0.4 is 5.32 Å². The van der Waals surface area contributed by atoms with Crippen LogP contribution in [0.5, 0.6) is 0 Å². The molecule has 110 valence electrons. The molecule has 0 aromatic heterocycles. The van der Waals surface area contributed by atoms with E-state index in [1.54, 1.807) is 0 Å². The molecule has 1 amide bonds. The van der Waals surface area contributed by atoms with Crippen molar-refractivity contribution in [1.82, 2.24) is 4.90 Å². The molecular formula is C14H18F2N2O2. The Morgan fingerprint density at radius 1 is 1.45 bits per heavy atom. The molecule has 4 nitrogen and oxygen atoms in total. The lowest BCUT2D eigenvalue weighted by molar-refractivity contribution is -0.117. The van der Waals surface area contributed by atoms with E-state index in [1.165, 1.54) is 0 Å². The van der Waals surface area contributed by atoms with E-state index < -0.39 is 11.6 Å². The number of halogens is 2. The van der Waals surface area contributed by atoms with Crippen molar-refractivity contribution in [3.8, 4) is 0 Å². The van der Waals surface area contributed by atoms with Crippen molar-refractivity contribution in [3.05, 3.63) is 29.8 Å². The number of amides is 1. The second-order valence-electron chi connectivity index (χ2n) is 5.07. The third-order valence-electron chi connectivity index (χ3n) is 3.48. The Labute approximate surface area is 116 Å². The summed E-state index contributed by atoms with van der Waals surface area (Å²) >= 11 is 0. The van der Waals surface area contributed by atoms with Crippen LogP contribution in [-0.4, -0.2) is 42.2 Å². The number of likely N-dealkylation sites (tertiary alicyclic amines) is 1. The van der Waals surface area contributed by atoms with Gasteiger partial charge in [-0.2, -0.15) is 0 Å². The molecule has 1 fully saturated rings. The third-order valence-corrected chi connectivity index (χ3v) is 3.48. The van der Waals surface area contributed by atoms with E-state index >= 15 is 0 Å². The molecule has 20 heavy (non-hydrogen) atoms. The summed E-state index contributed by atoms with van der Waals surface area (Å²) in [6.45, 7) is 1.83. The zero-order valence-electron chi connectivity index (χ0n) is 11.1. The van der Waals surface area contributed by atoms with E-state index in [1.807, 2.05) is 4.90 Å². The van der Waals surface area contributed by atoms with Crippen molar-refractivity contribution in [1.29, 1.82) is 0 Å². The molecule has 0 saturated carbocycles. The number of aliphatic hydroxyl groups is 1. The Bertz CT molecular complexity index is 482. The molecule has 1 aliphatic rings. The monoisotopic (exact) mass is 284 g/mol. The number of rotatable bonds is 5. The van der Waals surface area contributed by atoms with Crippen LogP contribution in [0.1, 0.15) is 12.8 Å². The molecule has 2 N–H and O–H groups in total. The lowest BCUT2D eigenvalue weighted by Crippen LogP contribution is -2.31. The molecule has 0 bridgehead atoms. The van der Waals surface area contributed by atoms with Gasteiger partial charge < -0.3 is 10.4 Å². The second-order valence-corrected chi connectivity index (χ2v) is 5.07. The van der Waals surface area contributed by atoms with Gasteiger partial charge in [-0.05, 0) is 37.4 Å². The predicted octanol–water partition coefficient (Wildman–Crippen LogP) is 1.61. The number of nitrogens with one attached hydrogen (secondary N) is 1. The second kappa shape index (κ2) is 6.76. The lowest BCUT2D eigenvalue weighted by Gasteiger charge is -2.15. The lowest BCUT2D eigenvalue weighted by atomic mass is 10.1. The molecule has 1 heterocycles. The van der Waals surface area contributed by atoms with Gasteiger partial charge in [-0.25, -0.2) is 8.78 Å². The first kappa shape index (κ1) is 14.9. The number of nitrogens with zero attached hydrogens (tertiary/aromatic N) is 1. The topological polar surface area (TPSA) is 52.6 Å². The maximum Gasteiger partial charge on any atom is 0.238 e. The zero-order chi connectivity index (χ0) is 14.5. The molecule has 1 aliphatic heterocycles. The summed E-state index contributed by atoms with van der Waals surface area (Å²) in [4.78, 5) is 13.8. The molecular weight excluding hydrogens is 266 g/mol. The summed E-state index contributed by atoms with van der Waals surface area (Å²) in [5, 5.41) is 11.3. The summed E-state index contributed by atoms with van der Waals surface area (Å²) in [6, 6.07) is 2.95. The highest BCUT2D eigenvalue weighted by Crippen LogP contribution is 2.19. The van der Waals surface area contributed by atoms with Crippen LogP contribution in [0.4, 0.5) is 14.5 Å². The van der Waals surface area contributed by atoms with Crippen molar-refractivity contribution in [3.63, 3.8) is 0 Å². The highest BCUT2D eigenvalue weighted by atomic mass is 19.1. The van der Waals surface area contributed by atoms with Crippen molar-refractivity contribution in [2.75, 3.05) is 31.6 Å². The highest BCUT2D eigenvalue weighted by Gasteiger charge is 2.23. The fraction of sp³-hybridized carbons (Fsp3) is 0.500. The fourth-order valence-electron chi connectivity index (χ4n) is 2.46. The Morgan fingerprint density at radius 3 is 3.00 bits per heavy atom. The SMILES string of the molecule is O=C(CN1CCC(CCO)C1)Nc1cc(F)ccc1F. The van der Waals surface area contributed by atoms with Gasteiger partial charge in [0.25, 0.3) is 0 Å². The molecule has 6 heteroatoms. The molecule has 0 aliphatic carbocycles. The van der Waals surface area contributed by atoms with Crippen molar-refractivity contribution >= 4 is 11.6 Å². The molecule has 2 rings (SSSR count). The summed E-state index contributed by atoms with van der Waals surface area (Å²) in [5.41, 5.74) is -0.138. The van der Waals surface area contributed by atoms with E-state index in [4.69, 9.17) is 5.11 Å². The third kappa shape index (κ3) is 3.98. The van der Waals surface area contributed by atoms with E-state index in [9.17, 15) is 13.6 Å². The summed E-state index contributed by atoms with van der Waals surface area (Å²) in [7, 11) is 0. The number of anilines is 1. The normalized spacial score (nSPS) is 19.2. The minimum Gasteiger partial charge on any atom is -0.396 e. The molecule has 0 radical (unpaired) electrons. The molecule has 0 spiro atoms. The van der Waals surface area contributed by atoms with E-state index in [0.29, 0.717) is 5.92 Å². The van der Waals surface area contributed by atoms with E-state index in [2.05, 4.69) is 5.32 Å². The largest absolute Gasteiger partial charge is 0.396 e. The molecule has 1 unspecified atom stereocenters. The van der Waals surface area contributed by atoms with Gasteiger partial charge in [0.05, 0.1) is 12.2 Å². The summed E-state index contributed by atoms with van der Waals surface area (Å²) < 4.78 is 26.4. The quantitative estimate of drug-likeness (QED) is 0.863. The van der Waals surface area contributed by atoms with Gasteiger partial charge in [-0.15, -0.1) is 0 Å². The minimum absolute atomic E-state index is 0.138. The van der Waals surface area contributed by atoms with Crippen molar-refractivity contribution < 1.29 is 18.7 Å². The van der Waals surface area contributed by atoms with Gasteiger partial charge in [-0.3, -0.25) is 9.69 Å². The summed E-state index contributed by atoms with van der Waals surface area (Å²) in [6.07, 6.45) is 1.68. The number of benzene rings is 1. The molecule has 1 aromatic rings. The van der Waals surface area contributed by atoms with Gasteiger partial charge in [0.2, 0.25) is 5.91 Å². The first-order chi connectivity index (χ1) is 9.58. The Kier molecular flexibility index (Phi) is 5.03. The fourth-order valence-corrected chi connectivity index (χ4v) is 2.46. The van der Waals surface area contributed by atoms with Gasteiger partial charge in [0.15, 0.2) is 0 Å². The molecule has 1 saturated heterocycles.